The van der Waals surface area contributed by atoms with Crippen LogP contribution in [0, 0.1) is 0 Å². The SMILES string of the molecule is CCCCNC(=O)CNc1ccc(OC)cc1OC. The minimum Gasteiger partial charge on any atom is -0.497 e. The van der Waals surface area contributed by atoms with Crippen LogP contribution in [0.2, 0.25) is 0 Å². The Morgan fingerprint density at radius 2 is 2.05 bits per heavy atom. The first-order valence-corrected chi connectivity index (χ1v) is 6.43. The van der Waals surface area contributed by atoms with Gasteiger partial charge in [-0.05, 0) is 18.6 Å². The molecule has 0 aliphatic heterocycles. The molecule has 0 fully saturated rings. The van der Waals surface area contributed by atoms with Crippen molar-refractivity contribution in [3.8, 4) is 11.5 Å². The standard InChI is InChI=1S/C14H22N2O3/c1-4-5-8-15-14(17)10-16-12-7-6-11(18-2)9-13(12)19-3/h6-7,9,16H,4-5,8,10H2,1-3H3,(H,15,17). The monoisotopic (exact) mass is 266 g/mol. The number of hydrogen-bond donors (Lipinski definition) is 2. The van der Waals surface area contributed by atoms with E-state index in [1.54, 1.807) is 20.3 Å². The summed E-state index contributed by atoms with van der Waals surface area (Å²) >= 11 is 0. The lowest BCUT2D eigenvalue weighted by molar-refractivity contribution is -0.119. The highest BCUT2D eigenvalue weighted by Gasteiger charge is 2.06. The van der Waals surface area contributed by atoms with Gasteiger partial charge in [0.1, 0.15) is 11.5 Å². The average Bonchev–Trinajstić information content (AvgIpc) is 2.45. The summed E-state index contributed by atoms with van der Waals surface area (Å²) in [7, 11) is 3.18. The molecule has 106 valence electrons. The second-order valence-corrected chi connectivity index (χ2v) is 4.12. The second-order valence-electron chi connectivity index (χ2n) is 4.12. The highest BCUT2D eigenvalue weighted by atomic mass is 16.5. The van der Waals surface area contributed by atoms with Crippen LogP contribution in [-0.4, -0.2) is 33.2 Å². The van der Waals surface area contributed by atoms with Gasteiger partial charge in [0, 0.05) is 12.6 Å². The quantitative estimate of drug-likeness (QED) is 0.707. The molecule has 1 aromatic rings. The van der Waals surface area contributed by atoms with Gasteiger partial charge >= 0.3 is 0 Å². The Kier molecular flexibility index (Phi) is 6.57. The first kappa shape index (κ1) is 15.1. The smallest absolute Gasteiger partial charge is 0.239 e. The Hall–Kier alpha value is -1.91. The summed E-state index contributed by atoms with van der Waals surface area (Å²) in [4.78, 5) is 11.6. The largest absolute Gasteiger partial charge is 0.497 e. The molecule has 1 rings (SSSR count). The molecule has 0 saturated heterocycles. The highest BCUT2D eigenvalue weighted by molar-refractivity contribution is 5.81. The molecule has 0 aliphatic rings. The molecule has 5 nitrogen and oxygen atoms in total. The number of anilines is 1. The maximum atomic E-state index is 11.6. The van der Waals surface area contributed by atoms with Crippen LogP contribution in [0.4, 0.5) is 5.69 Å². The van der Waals surface area contributed by atoms with Gasteiger partial charge in [0.15, 0.2) is 0 Å². The molecule has 0 saturated carbocycles. The van der Waals surface area contributed by atoms with Crippen molar-refractivity contribution in [2.24, 2.45) is 0 Å². The number of ether oxygens (including phenoxy) is 2. The van der Waals surface area contributed by atoms with Crippen molar-refractivity contribution < 1.29 is 14.3 Å². The molecule has 19 heavy (non-hydrogen) atoms. The number of benzene rings is 1. The van der Waals surface area contributed by atoms with E-state index in [1.165, 1.54) is 0 Å². The van der Waals surface area contributed by atoms with Gasteiger partial charge in [-0.2, -0.15) is 0 Å². The summed E-state index contributed by atoms with van der Waals surface area (Å²) in [6.45, 7) is 3.04. The number of methoxy groups -OCH3 is 2. The maximum Gasteiger partial charge on any atom is 0.239 e. The summed E-state index contributed by atoms with van der Waals surface area (Å²) < 4.78 is 10.4. The molecule has 0 atom stereocenters. The van der Waals surface area contributed by atoms with Crippen LogP contribution in [0.1, 0.15) is 19.8 Å². The van der Waals surface area contributed by atoms with E-state index in [9.17, 15) is 4.79 Å². The van der Waals surface area contributed by atoms with Crippen molar-refractivity contribution in [1.29, 1.82) is 0 Å². The summed E-state index contributed by atoms with van der Waals surface area (Å²) in [5.74, 6) is 1.35. The maximum absolute atomic E-state index is 11.6. The van der Waals surface area contributed by atoms with E-state index in [-0.39, 0.29) is 12.5 Å². The Balaban J connectivity index is 2.50. The third-order valence-corrected chi connectivity index (χ3v) is 2.70. The predicted molar refractivity (Wildman–Crippen MR) is 76.0 cm³/mol. The molecule has 1 amide bonds. The Bertz CT molecular complexity index is 408. The van der Waals surface area contributed by atoms with Crippen molar-refractivity contribution in [3.63, 3.8) is 0 Å². The Morgan fingerprint density at radius 1 is 1.26 bits per heavy atom. The van der Waals surface area contributed by atoms with Crippen LogP contribution in [0.3, 0.4) is 0 Å². The summed E-state index contributed by atoms with van der Waals surface area (Å²) in [5.41, 5.74) is 0.772. The minimum absolute atomic E-state index is 0.0219. The first-order chi connectivity index (χ1) is 9.21. The fourth-order valence-electron chi connectivity index (χ4n) is 1.59. The van der Waals surface area contributed by atoms with E-state index in [2.05, 4.69) is 17.6 Å². The van der Waals surface area contributed by atoms with Crippen LogP contribution in [0.5, 0.6) is 11.5 Å². The molecule has 0 aliphatic carbocycles. The van der Waals surface area contributed by atoms with Crippen LogP contribution >= 0.6 is 0 Å². The van der Waals surface area contributed by atoms with E-state index >= 15 is 0 Å². The van der Waals surface area contributed by atoms with Crippen molar-refractivity contribution in [2.75, 3.05) is 32.6 Å². The summed E-state index contributed by atoms with van der Waals surface area (Å²) in [6, 6.07) is 5.42. The van der Waals surface area contributed by atoms with Gasteiger partial charge in [-0.15, -0.1) is 0 Å². The fourth-order valence-corrected chi connectivity index (χ4v) is 1.59. The lowest BCUT2D eigenvalue weighted by Gasteiger charge is -2.12. The van der Waals surface area contributed by atoms with Gasteiger partial charge in [-0.1, -0.05) is 13.3 Å². The zero-order valence-corrected chi connectivity index (χ0v) is 11.8. The van der Waals surface area contributed by atoms with Crippen molar-refractivity contribution in [1.82, 2.24) is 5.32 Å². The topological polar surface area (TPSA) is 59.6 Å². The molecule has 0 unspecified atom stereocenters. The van der Waals surface area contributed by atoms with E-state index < -0.39 is 0 Å². The predicted octanol–water partition coefficient (Wildman–Crippen LogP) is 2.03. The highest BCUT2D eigenvalue weighted by Crippen LogP contribution is 2.28. The lowest BCUT2D eigenvalue weighted by atomic mass is 10.2. The average molecular weight is 266 g/mol. The third kappa shape index (κ3) is 5.07. The molecule has 0 spiro atoms. The van der Waals surface area contributed by atoms with Gasteiger partial charge < -0.3 is 20.1 Å². The van der Waals surface area contributed by atoms with Gasteiger partial charge in [0.05, 0.1) is 26.5 Å². The Labute approximate surface area is 114 Å². The van der Waals surface area contributed by atoms with E-state index in [0.717, 1.165) is 30.8 Å². The van der Waals surface area contributed by atoms with E-state index in [1.807, 2.05) is 12.1 Å². The molecule has 2 N–H and O–H groups in total. The second kappa shape index (κ2) is 8.24. The molecular weight excluding hydrogens is 244 g/mol. The number of carbonyl (C=O) groups excluding carboxylic acids is 1. The number of hydrogen-bond acceptors (Lipinski definition) is 4. The van der Waals surface area contributed by atoms with Crippen molar-refractivity contribution in [3.05, 3.63) is 18.2 Å². The zero-order valence-electron chi connectivity index (χ0n) is 11.8. The summed E-state index contributed by atoms with van der Waals surface area (Å²) in [5, 5.41) is 5.90. The molecule has 1 aromatic carbocycles. The molecule has 0 bridgehead atoms. The number of unbranched alkanes of at least 4 members (excludes halogenated alkanes) is 1. The molecule has 0 radical (unpaired) electrons. The van der Waals surface area contributed by atoms with Gasteiger partial charge in [0.2, 0.25) is 5.91 Å². The minimum atomic E-state index is -0.0219. The van der Waals surface area contributed by atoms with Crippen LogP contribution in [0.15, 0.2) is 18.2 Å². The van der Waals surface area contributed by atoms with E-state index in [0.29, 0.717) is 5.75 Å². The number of amides is 1. The van der Waals surface area contributed by atoms with Crippen LogP contribution in [-0.2, 0) is 4.79 Å². The molecule has 5 heteroatoms. The fraction of sp³-hybridized carbons (Fsp3) is 0.500. The van der Waals surface area contributed by atoms with Gasteiger partial charge in [-0.3, -0.25) is 4.79 Å². The van der Waals surface area contributed by atoms with Crippen LogP contribution in [0.25, 0.3) is 0 Å². The van der Waals surface area contributed by atoms with Crippen molar-refractivity contribution >= 4 is 11.6 Å². The number of nitrogens with one attached hydrogen (secondary N) is 2. The summed E-state index contributed by atoms with van der Waals surface area (Å²) in [6.07, 6.45) is 2.07. The van der Waals surface area contributed by atoms with E-state index in [4.69, 9.17) is 9.47 Å². The molecule has 0 heterocycles. The normalized spacial score (nSPS) is 9.84. The zero-order chi connectivity index (χ0) is 14.1. The molecular formula is C14H22N2O3. The van der Waals surface area contributed by atoms with Crippen LogP contribution < -0.4 is 20.1 Å². The first-order valence-electron chi connectivity index (χ1n) is 6.43. The number of carbonyl (C=O) groups is 1. The third-order valence-electron chi connectivity index (χ3n) is 2.70. The van der Waals surface area contributed by atoms with Gasteiger partial charge in [0.25, 0.3) is 0 Å². The lowest BCUT2D eigenvalue weighted by Crippen LogP contribution is -2.30. The van der Waals surface area contributed by atoms with Gasteiger partial charge in [-0.25, -0.2) is 0 Å². The van der Waals surface area contributed by atoms with Crippen molar-refractivity contribution in [2.45, 2.75) is 19.8 Å². The molecule has 0 aromatic heterocycles. The number of rotatable bonds is 8. The Morgan fingerprint density at radius 3 is 2.68 bits per heavy atom.